The lowest BCUT2D eigenvalue weighted by Crippen LogP contribution is -2.23. The third kappa shape index (κ3) is 3.96. The van der Waals surface area contributed by atoms with Gasteiger partial charge in [-0.3, -0.25) is 0 Å². The van der Waals surface area contributed by atoms with E-state index in [2.05, 4.69) is 10.6 Å². The number of rotatable bonds is 5. The van der Waals surface area contributed by atoms with Crippen LogP contribution in [-0.2, 0) is 9.84 Å². The minimum atomic E-state index is -3.18. The zero-order valence-electron chi connectivity index (χ0n) is 12.1. The van der Waals surface area contributed by atoms with Gasteiger partial charge in [0, 0.05) is 6.04 Å². The Morgan fingerprint density at radius 2 is 2.05 bits per heavy atom. The van der Waals surface area contributed by atoms with Crippen LogP contribution in [0.15, 0.2) is 29.2 Å². The highest BCUT2D eigenvalue weighted by Gasteiger charge is 2.19. The molecule has 0 bridgehead atoms. The summed E-state index contributed by atoms with van der Waals surface area (Å²) in [5.74, 6) is 0.206. The molecule has 20 heavy (non-hydrogen) atoms. The van der Waals surface area contributed by atoms with Crippen molar-refractivity contribution in [2.45, 2.75) is 43.5 Å². The van der Waals surface area contributed by atoms with Crippen LogP contribution >= 0.6 is 0 Å². The molecule has 2 rings (SSSR count). The van der Waals surface area contributed by atoms with Gasteiger partial charge in [-0.1, -0.05) is 19.1 Å². The van der Waals surface area contributed by atoms with Crippen LogP contribution in [0.5, 0.6) is 0 Å². The van der Waals surface area contributed by atoms with Crippen molar-refractivity contribution in [1.29, 1.82) is 0 Å². The highest BCUT2D eigenvalue weighted by molar-refractivity contribution is 7.91. The van der Waals surface area contributed by atoms with E-state index in [0.717, 1.165) is 38.0 Å². The molecule has 1 aliphatic rings. The minimum absolute atomic E-state index is 0.206. The Hall–Kier alpha value is -1.07. The van der Waals surface area contributed by atoms with Gasteiger partial charge < -0.3 is 10.6 Å². The van der Waals surface area contributed by atoms with Crippen LogP contribution in [-0.4, -0.2) is 33.3 Å². The van der Waals surface area contributed by atoms with E-state index in [-0.39, 0.29) is 5.75 Å². The molecule has 1 heterocycles. The van der Waals surface area contributed by atoms with Gasteiger partial charge >= 0.3 is 0 Å². The molecule has 1 atom stereocenters. The van der Waals surface area contributed by atoms with Crippen molar-refractivity contribution in [3.8, 4) is 0 Å². The lowest BCUT2D eigenvalue weighted by molar-refractivity contribution is 0.594. The summed E-state index contributed by atoms with van der Waals surface area (Å²) in [7, 11) is -3.18. The van der Waals surface area contributed by atoms with Crippen LogP contribution in [0.25, 0.3) is 0 Å². The van der Waals surface area contributed by atoms with E-state index >= 15 is 0 Å². The van der Waals surface area contributed by atoms with Crippen LogP contribution in [0.1, 0.15) is 32.6 Å². The summed E-state index contributed by atoms with van der Waals surface area (Å²) in [4.78, 5) is 0.444. The first-order valence-electron chi connectivity index (χ1n) is 7.42. The molecule has 0 amide bonds. The van der Waals surface area contributed by atoms with E-state index in [0.29, 0.717) is 17.4 Å². The Morgan fingerprint density at radius 3 is 2.85 bits per heavy atom. The topological polar surface area (TPSA) is 58.2 Å². The maximum Gasteiger partial charge on any atom is 0.180 e. The Morgan fingerprint density at radius 1 is 1.25 bits per heavy atom. The smallest absolute Gasteiger partial charge is 0.180 e. The number of para-hydroxylation sites is 1. The predicted molar refractivity (Wildman–Crippen MR) is 82.9 cm³/mol. The third-order valence-electron chi connectivity index (χ3n) is 3.63. The molecule has 2 N–H and O–H groups in total. The van der Waals surface area contributed by atoms with Crippen molar-refractivity contribution in [3.05, 3.63) is 24.3 Å². The highest BCUT2D eigenvalue weighted by Crippen LogP contribution is 2.24. The quantitative estimate of drug-likeness (QED) is 0.876. The molecule has 0 saturated carbocycles. The van der Waals surface area contributed by atoms with Gasteiger partial charge in [-0.2, -0.15) is 0 Å². The minimum Gasteiger partial charge on any atom is -0.381 e. The summed E-state index contributed by atoms with van der Waals surface area (Å²) in [6.45, 7) is 3.93. The lowest BCUT2D eigenvalue weighted by atomic mass is 10.1. The Bertz CT molecular complexity index is 520. The van der Waals surface area contributed by atoms with Crippen LogP contribution < -0.4 is 10.6 Å². The summed E-state index contributed by atoms with van der Waals surface area (Å²) in [5, 5.41) is 6.80. The lowest BCUT2D eigenvalue weighted by Gasteiger charge is -2.19. The van der Waals surface area contributed by atoms with Crippen molar-refractivity contribution in [2.24, 2.45) is 0 Å². The largest absolute Gasteiger partial charge is 0.381 e. The molecular weight excluding hydrogens is 272 g/mol. The second-order valence-electron chi connectivity index (χ2n) is 5.34. The SMILES string of the molecule is CCCS(=O)(=O)c1ccccc1NC1CCCNCC1. The highest BCUT2D eigenvalue weighted by atomic mass is 32.2. The van der Waals surface area contributed by atoms with Gasteiger partial charge in [0.25, 0.3) is 0 Å². The Labute approximate surface area is 121 Å². The van der Waals surface area contributed by atoms with Crippen molar-refractivity contribution in [1.82, 2.24) is 5.32 Å². The number of nitrogens with one attached hydrogen (secondary N) is 2. The fourth-order valence-corrected chi connectivity index (χ4v) is 4.12. The maximum atomic E-state index is 12.3. The molecule has 1 aromatic rings. The molecule has 1 unspecified atom stereocenters. The fraction of sp³-hybridized carbons (Fsp3) is 0.600. The van der Waals surface area contributed by atoms with Gasteiger partial charge in [0.2, 0.25) is 0 Å². The number of hydrogen-bond donors (Lipinski definition) is 2. The normalized spacial score (nSPS) is 20.4. The molecule has 4 nitrogen and oxygen atoms in total. The molecule has 0 spiro atoms. The number of benzene rings is 1. The van der Waals surface area contributed by atoms with E-state index < -0.39 is 9.84 Å². The van der Waals surface area contributed by atoms with E-state index in [4.69, 9.17) is 0 Å². The molecular formula is C15H24N2O2S. The third-order valence-corrected chi connectivity index (χ3v) is 5.60. The standard InChI is InChI=1S/C15H24N2O2S/c1-2-12-20(18,19)15-8-4-3-7-14(15)17-13-6-5-10-16-11-9-13/h3-4,7-8,13,16-17H,2,5-6,9-12H2,1H3. The van der Waals surface area contributed by atoms with Crippen LogP contribution in [0, 0.1) is 0 Å². The van der Waals surface area contributed by atoms with E-state index in [9.17, 15) is 8.42 Å². The molecule has 5 heteroatoms. The molecule has 1 fully saturated rings. The second kappa shape index (κ2) is 7.09. The maximum absolute atomic E-state index is 12.3. The first-order valence-corrected chi connectivity index (χ1v) is 9.08. The van der Waals surface area contributed by atoms with Gasteiger partial charge in [0.15, 0.2) is 9.84 Å². The monoisotopic (exact) mass is 296 g/mol. The Balaban J connectivity index is 2.19. The van der Waals surface area contributed by atoms with Gasteiger partial charge in [-0.15, -0.1) is 0 Å². The van der Waals surface area contributed by atoms with Gasteiger partial charge in [-0.25, -0.2) is 8.42 Å². The summed E-state index contributed by atoms with van der Waals surface area (Å²) in [6.07, 6.45) is 3.88. The van der Waals surface area contributed by atoms with Crippen LogP contribution in [0.2, 0.25) is 0 Å². The zero-order chi connectivity index (χ0) is 14.4. The predicted octanol–water partition coefficient (Wildman–Crippen LogP) is 2.42. The second-order valence-corrected chi connectivity index (χ2v) is 7.41. The van der Waals surface area contributed by atoms with E-state index in [1.54, 1.807) is 12.1 Å². The summed E-state index contributed by atoms with van der Waals surface area (Å²) in [6, 6.07) is 7.62. The average molecular weight is 296 g/mol. The van der Waals surface area contributed by atoms with Crippen molar-refractivity contribution < 1.29 is 8.42 Å². The van der Waals surface area contributed by atoms with Gasteiger partial charge in [-0.05, 0) is 50.9 Å². The first-order chi connectivity index (χ1) is 9.63. The fourth-order valence-electron chi connectivity index (χ4n) is 2.62. The number of anilines is 1. The molecule has 112 valence electrons. The number of hydrogen-bond acceptors (Lipinski definition) is 4. The molecule has 1 aliphatic heterocycles. The average Bonchev–Trinajstić information content (AvgIpc) is 2.68. The molecule has 0 radical (unpaired) electrons. The zero-order valence-corrected chi connectivity index (χ0v) is 12.9. The summed E-state index contributed by atoms with van der Waals surface area (Å²) < 4.78 is 24.6. The van der Waals surface area contributed by atoms with Crippen LogP contribution in [0.4, 0.5) is 5.69 Å². The Kier molecular flexibility index (Phi) is 5.43. The molecule has 1 aromatic carbocycles. The molecule has 0 aromatic heterocycles. The van der Waals surface area contributed by atoms with Gasteiger partial charge in [0.05, 0.1) is 16.3 Å². The molecule has 0 aliphatic carbocycles. The van der Waals surface area contributed by atoms with Crippen molar-refractivity contribution >= 4 is 15.5 Å². The van der Waals surface area contributed by atoms with Gasteiger partial charge in [0.1, 0.15) is 0 Å². The van der Waals surface area contributed by atoms with Crippen LogP contribution in [0.3, 0.4) is 0 Å². The summed E-state index contributed by atoms with van der Waals surface area (Å²) in [5.41, 5.74) is 0.757. The first kappa shape index (κ1) is 15.3. The molecule has 1 saturated heterocycles. The van der Waals surface area contributed by atoms with Crippen molar-refractivity contribution in [2.75, 3.05) is 24.2 Å². The number of sulfone groups is 1. The van der Waals surface area contributed by atoms with E-state index in [1.807, 2.05) is 19.1 Å². The van der Waals surface area contributed by atoms with Crippen molar-refractivity contribution in [3.63, 3.8) is 0 Å². The summed E-state index contributed by atoms with van der Waals surface area (Å²) >= 11 is 0. The van der Waals surface area contributed by atoms with E-state index in [1.165, 1.54) is 0 Å².